The van der Waals surface area contributed by atoms with Crippen molar-refractivity contribution in [3.63, 3.8) is 0 Å². The molecule has 1 fully saturated rings. The monoisotopic (exact) mass is 271 g/mol. The molecule has 0 radical (unpaired) electrons. The van der Waals surface area contributed by atoms with E-state index >= 15 is 0 Å². The number of nitrogens with one attached hydrogen (secondary N) is 2. The van der Waals surface area contributed by atoms with E-state index in [1.165, 1.54) is 6.92 Å². The van der Waals surface area contributed by atoms with Crippen LogP contribution in [0.25, 0.3) is 0 Å². The fourth-order valence-corrected chi connectivity index (χ4v) is 2.05. The van der Waals surface area contributed by atoms with Gasteiger partial charge in [-0.15, -0.1) is 0 Å². The summed E-state index contributed by atoms with van der Waals surface area (Å²) in [5.41, 5.74) is 4.53. The van der Waals surface area contributed by atoms with Gasteiger partial charge in [0, 0.05) is 13.5 Å². The number of likely N-dealkylation sites (tertiary alicyclic amines) is 1. The molecule has 0 spiro atoms. The smallest absolute Gasteiger partial charge is 0.310 e. The van der Waals surface area contributed by atoms with E-state index in [-0.39, 0.29) is 30.2 Å². The van der Waals surface area contributed by atoms with Crippen LogP contribution in [-0.2, 0) is 19.1 Å². The van der Waals surface area contributed by atoms with Crippen molar-refractivity contribution in [3.8, 4) is 0 Å². The fourth-order valence-electron chi connectivity index (χ4n) is 2.05. The molecule has 0 aromatic heterocycles. The van der Waals surface area contributed by atoms with Gasteiger partial charge in [0.2, 0.25) is 5.91 Å². The number of rotatable bonds is 4. The minimum absolute atomic E-state index is 0.163. The molecule has 0 bridgehead atoms. The van der Waals surface area contributed by atoms with E-state index in [0.717, 1.165) is 19.4 Å². The Bertz CT molecular complexity index is 346. The minimum atomic E-state index is -0.323. The zero-order valence-electron chi connectivity index (χ0n) is 11.4. The third-order valence-corrected chi connectivity index (χ3v) is 2.87. The molecular formula is C12H21N3O4. The largest absolute Gasteiger partial charge is 0.466 e. The van der Waals surface area contributed by atoms with Crippen LogP contribution in [0.3, 0.4) is 0 Å². The summed E-state index contributed by atoms with van der Waals surface area (Å²) >= 11 is 0. The van der Waals surface area contributed by atoms with Gasteiger partial charge in [0.25, 0.3) is 5.91 Å². The number of hydrogen-bond donors (Lipinski definition) is 2. The Hall–Kier alpha value is -1.63. The molecule has 1 aliphatic rings. The second-order valence-electron chi connectivity index (χ2n) is 4.56. The van der Waals surface area contributed by atoms with Crippen LogP contribution < -0.4 is 10.9 Å². The summed E-state index contributed by atoms with van der Waals surface area (Å²) in [6.45, 7) is 4.92. The van der Waals surface area contributed by atoms with E-state index in [0.29, 0.717) is 13.2 Å². The van der Waals surface area contributed by atoms with Crippen molar-refractivity contribution in [1.29, 1.82) is 0 Å². The van der Waals surface area contributed by atoms with E-state index < -0.39 is 0 Å². The van der Waals surface area contributed by atoms with Crippen molar-refractivity contribution in [3.05, 3.63) is 0 Å². The molecule has 1 aliphatic heterocycles. The minimum Gasteiger partial charge on any atom is -0.466 e. The molecular weight excluding hydrogens is 250 g/mol. The quantitative estimate of drug-likeness (QED) is 0.528. The first-order valence-electron chi connectivity index (χ1n) is 6.47. The van der Waals surface area contributed by atoms with Crippen molar-refractivity contribution in [2.75, 3.05) is 26.2 Å². The van der Waals surface area contributed by atoms with Crippen LogP contribution in [-0.4, -0.2) is 48.9 Å². The SMILES string of the molecule is CCOC(=O)[C@@H]1CCCN(CC(=O)NNC(C)=O)C1. The summed E-state index contributed by atoms with van der Waals surface area (Å²) in [6.07, 6.45) is 1.65. The summed E-state index contributed by atoms with van der Waals surface area (Å²) in [4.78, 5) is 35.7. The van der Waals surface area contributed by atoms with E-state index in [4.69, 9.17) is 4.74 Å². The molecule has 7 nitrogen and oxygen atoms in total. The molecule has 2 amide bonds. The molecule has 1 heterocycles. The number of carbonyl (C=O) groups is 3. The van der Waals surface area contributed by atoms with Crippen LogP contribution in [0, 0.1) is 5.92 Å². The second-order valence-corrected chi connectivity index (χ2v) is 4.56. The van der Waals surface area contributed by atoms with Gasteiger partial charge in [-0.3, -0.25) is 30.1 Å². The van der Waals surface area contributed by atoms with Crippen molar-refractivity contribution < 1.29 is 19.1 Å². The Morgan fingerprint density at radius 2 is 2.05 bits per heavy atom. The lowest BCUT2D eigenvalue weighted by molar-refractivity contribution is -0.150. The van der Waals surface area contributed by atoms with Crippen LogP contribution in [0.2, 0.25) is 0 Å². The summed E-state index contributed by atoms with van der Waals surface area (Å²) in [5, 5.41) is 0. The molecule has 7 heteroatoms. The summed E-state index contributed by atoms with van der Waals surface area (Å²) < 4.78 is 4.99. The zero-order valence-corrected chi connectivity index (χ0v) is 11.4. The standard InChI is InChI=1S/C12H21N3O4/c1-3-19-12(18)10-5-4-6-15(7-10)8-11(17)14-13-9(2)16/h10H,3-8H2,1-2H3,(H,13,16)(H,14,17)/t10-/m1/s1. The number of esters is 1. The Morgan fingerprint density at radius 3 is 2.68 bits per heavy atom. The molecule has 0 aromatic rings. The lowest BCUT2D eigenvalue weighted by Crippen LogP contribution is -2.48. The highest BCUT2D eigenvalue weighted by Gasteiger charge is 2.27. The number of amides is 2. The third-order valence-electron chi connectivity index (χ3n) is 2.87. The maximum atomic E-state index is 11.6. The summed E-state index contributed by atoms with van der Waals surface area (Å²) in [7, 11) is 0. The lowest BCUT2D eigenvalue weighted by Gasteiger charge is -2.30. The number of carbonyl (C=O) groups excluding carboxylic acids is 3. The van der Waals surface area contributed by atoms with Crippen LogP contribution >= 0.6 is 0 Å². The average molecular weight is 271 g/mol. The molecule has 108 valence electrons. The number of ether oxygens (including phenoxy) is 1. The van der Waals surface area contributed by atoms with Crippen molar-refractivity contribution in [2.45, 2.75) is 26.7 Å². The molecule has 1 saturated heterocycles. The first kappa shape index (κ1) is 15.4. The summed E-state index contributed by atoms with van der Waals surface area (Å²) in [6, 6.07) is 0. The Kier molecular flexibility index (Phi) is 6.27. The number of nitrogens with zero attached hydrogens (tertiary/aromatic N) is 1. The van der Waals surface area contributed by atoms with E-state index in [1.54, 1.807) is 6.92 Å². The van der Waals surface area contributed by atoms with E-state index in [2.05, 4.69) is 10.9 Å². The van der Waals surface area contributed by atoms with E-state index in [1.807, 2.05) is 4.90 Å². The lowest BCUT2D eigenvalue weighted by atomic mass is 9.98. The highest BCUT2D eigenvalue weighted by molar-refractivity contribution is 5.82. The van der Waals surface area contributed by atoms with E-state index in [9.17, 15) is 14.4 Å². The van der Waals surface area contributed by atoms with Crippen molar-refractivity contribution >= 4 is 17.8 Å². The summed E-state index contributed by atoms with van der Waals surface area (Å²) in [5.74, 6) is -0.979. The second kappa shape index (κ2) is 7.73. The molecule has 0 aliphatic carbocycles. The first-order chi connectivity index (χ1) is 9.02. The van der Waals surface area contributed by atoms with Crippen LogP contribution in [0.1, 0.15) is 26.7 Å². The molecule has 2 N–H and O–H groups in total. The first-order valence-corrected chi connectivity index (χ1v) is 6.47. The van der Waals surface area contributed by atoms with Gasteiger partial charge in [-0.1, -0.05) is 0 Å². The van der Waals surface area contributed by atoms with Crippen LogP contribution in [0.15, 0.2) is 0 Å². The number of hydrazine groups is 1. The Balaban J connectivity index is 2.36. The zero-order chi connectivity index (χ0) is 14.3. The van der Waals surface area contributed by atoms with Crippen molar-refractivity contribution in [1.82, 2.24) is 15.8 Å². The normalized spacial score (nSPS) is 19.6. The Labute approximate surface area is 112 Å². The van der Waals surface area contributed by atoms with Gasteiger partial charge in [-0.2, -0.15) is 0 Å². The van der Waals surface area contributed by atoms with Crippen molar-refractivity contribution in [2.24, 2.45) is 5.92 Å². The predicted octanol–water partition coefficient (Wildman–Crippen LogP) is -0.571. The van der Waals surface area contributed by atoms with Gasteiger partial charge in [-0.25, -0.2) is 0 Å². The van der Waals surface area contributed by atoms with Crippen LogP contribution in [0.5, 0.6) is 0 Å². The highest BCUT2D eigenvalue weighted by atomic mass is 16.5. The Morgan fingerprint density at radius 1 is 1.32 bits per heavy atom. The van der Waals surface area contributed by atoms with Gasteiger partial charge in [0.1, 0.15) is 0 Å². The molecule has 0 saturated carbocycles. The molecule has 0 aromatic carbocycles. The van der Waals surface area contributed by atoms with Crippen LogP contribution in [0.4, 0.5) is 0 Å². The number of hydrogen-bond acceptors (Lipinski definition) is 5. The van der Waals surface area contributed by atoms with Gasteiger partial charge in [0.15, 0.2) is 0 Å². The maximum absolute atomic E-state index is 11.6. The van der Waals surface area contributed by atoms with Gasteiger partial charge in [-0.05, 0) is 26.3 Å². The molecule has 1 rings (SSSR count). The molecule has 1 atom stereocenters. The molecule has 19 heavy (non-hydrogen) atoms. The predicted molar refractivity (Wildman–Crippen MR) is 67.8 cm³/mol. The third kappa shape index (κ3) is 5.69. The van der Waals surface area contributed by atoms with Gasteiger partial charge >= 0.3 is 5.97 Å². The molecule has 0 unspecified atom stereocenters. The van der Waals surface area contributed by atoms with Gasteiger partial charge in [0.05, 0.1) is 19.1 Å². The topological polar surface area (TPSA) is 87.7 Å². The fraction of sp³-hybridized carbons (Fsp3) is 0.750. The highest BCUT2D eigenvalue weighted by Crippen LogP contribution is 2.17. The number of piperidine rings is 1. The van der Waals surface area contributed by atoms with Gasteiger partial charge < -0.3 is 4.74 Å². The average Bonchev–Trinajstić information content (AvgIpc) is 2.37. The maximum Gasteiger partial charge on any atom is 0.310 e.